The molecule has 0 aromatic heterocycles. The maximum atomic E-state index is 13.6. The second-order valence-corrected chi connectivity index (χ2v) is 11.8. The Kier molecular flexibility index (Phi) is 5.45. The minimum absolute atomic E-state index is 0.00313. The van der Waals surface area contributed by atoms with Gasteiger partial charge in [-0.25, -0.2) is 0 Å². The number of carbonyl (C=O) groups is 3. The highest BCUT2D eigenvalue weighted by molar-refractivity contribution is 6.34. The van der Waals surface area contributed by atoms with Gasteiger partial charge in [-0.15, -0.1) is 23.2 Å². The van der Waals surface area contributed by atoms with Crippen molar-refractivity contribution < 1.29 is 28.6 Å². The lowest BCUT2D eigenvalue weighted by Gasteiger charge is -2.64. The van der Waals surface area contributed by atoms with Crippen LogP contribution in [0.15, 0.2) is 23.8 Å². The zero-order chi connectivity index (χ0) is 23.8. The number of Topliss-reactive ketones (excluding diaryl/α,β-unsaturated/α-hetero) is 1. The van der Waals surface area contributed by atoms with Crippen molar-refractivity contribution in [3.63, 3.8) is 0 Å². The third kappa shape index (κ3) is 2.90. The van der Waals surface area contributed by atoms with E-state index in [1.165, 1.54) is 6.92 Å². The molecule has 1 heterocycles. The van der Waals surface area contributed by atoms with E-state index in [4.69, 9.17) is 37.4 Å². The van der Waals surface area contributed by atoms with Crippen LogP contribution in [0.4, 0.5) is 0 Å². The van der Waals surface area contributed by atoms with Crippen LogP contribution in [-0.2, 0) is 28.6 Å². The van der Waals surface area contributed by atoms with E-state index in [0.29, 0.717) is 26.1 Å². The van der Waals surface area contributed by atoms with Crippen molar-refractivity contribution in [1.29, 1.82) is 0 Å². The summed E-state index contributed by atoms with van der Waals surface area (Å²) in [6, 6.07) is 0. The second-order valence-electron chi connectivity index (χ2n) is 10.6. The Balaban J connectivity index is 1.59. The number of halogens is 2. The van der Waals surface area contributed by atoms with Gasteiger partial charge in [-0.2, -0.15) is 0 Å². The first-order valence-corrected chi connectivity index (χ1v) is 12.5. The fraction of sp³-hybridized carbons (Fsp3) is 0.720. The Bertz CT molecular complexity index is 976. The SMILES string of the molecule is CC(=O)OCC(=O)[C@@]12OCCO[C@@H]1C[C@H]1[C@@H]3CCC4=CC(=O)C=C[C@]4(C)[C@@]3(Cl)[C@@H](Cl)C[C@@]12C. The number of rotatable bonds is 3. The van der Waals surface area contributed by atoms with Gasteiger partial charge < -0.3 is 14.2 Å². The molecule has 5 rings (SSSR count). The average molecular weight is 497 g/mol. The van der Waals surface area contributed by atoms with Gasteiger partial charge in [0.05, 0.1) is 29.6 Å². The molecule has 0 bridgehead atoms. The summed E-state index contributed by atoms with van der Waals surface area (Å²) in [5, 5.41) is -0.473. The summed E-state index contributed by atoms with van der Waals surface area (Å²) >= 11 is 14.8. The minimum atomic E-state index is -1.23. The molecule has 6 nitrogen and oxygen atoms in total. The fourth-order valence-corrected chi connectivity index (χ4v) is 9.04. The molecule has 0 aromatic carbocycles. The summed E-state index contributed by atoms with van der Waals surface area (Å²) in [4.78, 5) is 36.3. The summed E-state index contributed by atoms with van der Waals surface area (Å²) in [5.41, 5.74) is -1.38. The highest BCUT2D eigenvalue weighted by atomic mass is 35.5. The van der Waals surface area contributed by atoms with Gasteiger partial charge in [0.15, 0.2) is 18.0 Å². The van der Waals surface area contributed by atoms with Gasteiger partial charge >= 0.3 is 5.97 Å². The van der Waals surface area contributed by atoms with Crippen molar-refractivity contribution in [2.24, 2.45) is 22.7 Å². The number of hydrogen-bond donors (Lipinski definition) is 0. The number of fused-ring (bicyclic) bond motifs is 7. The molecule has 3 saturated carbocycles. The predicted molar refractivity (Wildman–Crippen MR) is 122 cm³/mol. The molecular weight excluding hydrogens is 467 g/mol. The Morgan fingerprint density at radius 1 is 1.24 bits per heavy atom. The number of hydrogen-bond acceptors (Lipinski definition) is 6. The van der Waals surface area contributed by atoms with E-state index in [0.717, 1.165) is 18.4 Å². The molecule has 4 aliphatic carbocycles. The monoisotopic (exact) mass is 496 g/mol. The van der Waals surface area contributed by atoms with E-state index in [2.05, 4.69) is 13.8 Å². The number of ether oxygens (including phenoxy) is 3. The van der Waals surface area contributed by atoms with Gasteiger partial charge in [0.1, 0.15) is 0 Å². The third-order valence-electron chi connectivity index (χ3n) is 9.31. The first kappa shape index (κ1) is 23.5. The molecule has 4 fully saturated rings. The van der Waals surface area contributed by atoms with Gasteiger partial charge in [0.25, 0.3) is 0 Å². The molecule has 180 valence electrons. The smallest absolute Gasteiger partial charge is 0.303 e. The van der Waals surface area contributed by atoms with Crippen molar-refractivity contribution in [1.82, 2.24) is 0 Å². The van der Waals surface area contributed by atoms with Crippen molar-refractivity contribution in [3.8, 4) is 0 Å². The number of esters is 1. The predicted octanol–water partition coefficient (Wildman–Crippen LogP) is 3.77. The topological polar surface area (TPSA) is 78.9 Å². The van der Waals surface area contributed by atoms with Gasteiger partial charge in [0, 0.05) is 17.8 Å². The quantitative estimate of drug-likeness (QED) is 0.437. The van der Waals surface area contributed by atoms with Gasteiger partial charge in [-0.3, -0.25) is 14.4 Å². The van der Waals surface area contributed by atoms with Crippen LogP contribution >= 0.6 is 23.2 Å². The summed E-state index contributed by atoms with van der Waals surface area (Å²) in [7, 11) is 0. The van der Waals surface area contributed by atoms with Gasteiger partial charge in [-0.05, 0) is 49.7 Å². The number of ketones is 2. The lowest BCUT2D eigenvalue weighted by atomic mass is 9.46. The van der Waals surface area contributed by atoms with Gasteiger partial charge in [-0.1, -0.05) is 25.5 Å². The molecule has 0 spiro atoms. The standard InChI is InChI=1S/C25H30Cl2O6/c1-14(28)32-13-20(30)25-21(31-8-9-33-25)11-18-17-5-4-15-10-16(29)6-7-22(15,2)24(17,27)19(26)12-23(18,25)3/h6-7,10,17-19,21H,4-5,8-9,11-13H2,1-3H3/t17-,18-,19-,21+,22-,23-,24-,25+/m0/s1. The minimum Gasteiger partial charge on any atom is -0.458 e. The van der Waals surface area contributed by atoms with Crippen LogP contribution < -0.4 is 0 Å². The van der Waals surface area contributed by atoms with Crippen LogP contribution in [0.2, 0.25) is 0 Å². The van der Waals surface area contributed by atoms with Crippen LogP contribution in [0, 0.1) is 22.7 Å². The normalized spacial score (nSPS) is 48.2. The molecule has 8 heteroatoms. The van der Waals surface area contributed by atoms with Crippen LogP contribution in [0.3, 0.4) is 0 Å². The highest BCUT2D eigenvalue weighted by Gasteiger charge is 2.77. The molecule has 0 N–H and O–H groups in total. The zero-order valence-corrected chi connectivity index (χ0v) is 20.7. The average Bonchev–Trinajstić information content (AvgIpc) is 3.03. The van der Waals surface area contributed by atoms with E-state index in [1.807, 2.05) is 6.08 Å². The Hall–Kier alpha value is -1.21. The van der Waals surface area contributed by atoms with Gasteiger partial charge in [0.2, 0.25) is 5.78 Å². The maximum absolute atomic E-state index is 13.6. The summed E-state index contributed by atoms with van der Waals surface area (Å²) in [6.45, 7) is 5.79. The molecule has 0 radical (unpaired) electrons. The molecule has 1 saturated heterocycles. The molecule has 5 aliphatic rings. The molecule has 0 unspecified atom stereocenters. The highest BCUT2D eigenvalue weighted by Crippen LogP contribution is 2.72. The van der Waals surface area contributed by atoms with Crippen LogP contribution in [0.5, 0.6) is 0 Å². The van der Waals surface area contributed by atoms with Crippen LogP contribution in [-0.4, -0.2) is 59.3 Å². The zero-order valence-electron chi connectivity index (χ0n) is 19.2. The molecule has 1 aliphatic heterocycles. The molecule has 33 heavy (non-hydrogen) atoms. The Morgan fingerprint density at radius 3 is 2.73 bits per heavy atom. The molecular formula is C25H30Cl2O6. The molecule has 0 amide bonds. The van der Waals surface area contributed by atoms with Crippen LogP contribution in [0.25, 0.3) is 0 Å². The summed E-state index contributed by atoms with van der Waals surface area (Å²) in [6.07, 6.45) is 7.40. The lowest BCUT2D eigenvalue weighted by Crippen LogP contribution is -2.69. The van der Waals surface area contributed by atoms with E-state index < -0.39 is 38.8 Å². The third-order valence-corrected chi connectivity index (χ3v) is 10.9. The lowest BCUT2D eigenvalue weighted by molar-refractivity contribution is -0.231. The molecule has 8 atom stereocenters. The first-order valence-electron chi connectivity index (χ1n) is 11.7. The van der Waals surface area contributed by atoms with E-state index >= 15 is 0 Å². The number of alkyl halides is 2. The Labute approximate surface area is 204 Å². The van der Waals surface area contributed by atoms with Crippen molar-refractivity contribution in [2.75, 3.05) is 19.8 Å². The van der Waals surface area contributed by atoms with E-state index in [9.17, 15) is 14.4 Å². The largest absolute Gasteiger partial charge is 0.458 e. The Morgan fingerprint density at radius 2 is 2.00 bits per heavy atom. The first-order chi connectivity index (χ1) is 15.5. The van der Waals surface area contributed by atoms with Crippen LogP contribution in [0.1, 0.15) is 46.5 Å². The van der Waals surface area contributed by atoms with Crippen molar-refractivity contribution in [3.05, 3.63) is 23.8 Å². The maximum Gasteiger partial charge on any atom is 0.303 e. The van der Waals surface area contributed by atoms with Crippen molar-refractivity contribution in [2.45, 2.75) is 68.4 Å². The number of carbonyl (C=O) groups excluding carboxylic acids is 3. The van der Waals surface area contributed by atoms with E-state index in [1.54, 1.807) is 12.2 Å². The van der Waals surface area contributed by atoms with E-state index in [-0.39, 0.29) is 30.0 Å². The summed E-state index contributed by atoms with van der Waals surface area (Å²) in [5.74, 6) is -0.777. The van der Waals surface area contributed by atoms with Crippen molar-refractivity contribution >= 4 is 40.7 Å². The number of allylic oxidation sites excluding steroid dienone is 4. The summed E-state index contributed by atoms with van der Waals surface area (Å²) < 4.78 is 17.6. The fourth-order valence-electron chi connectivity index (χ4n) is 7.81. The second kappa shape index (κ2) is 7.64. The molecule has 0 aromatic rings.